The van der Waals surface area contributed by atoms with Crippen LogP contribution in [-0.2, 0) is 19.8 Å². The van der Waals surface area contributed by atoms with Gasteiger partial charge in [0.05, 0.1) is 12.8 Å². The highest BCUT2D eigenvalue weighted by Crippen LogP contribution is 2.38. The average molecular weight is 319 g/mol. The molecule has 0 amide bonds. The summed E-state index contributed by atoms with van der Waals surface area (Å²) in [6.07, 6.45) is -1.30. The Labute approximate surface area is 128 Å². The predicted molar refractivity (Wildman–Crippen MR) is 77.1 cm³/mol. The Hall–Kier alpha value is -1.08. The molecule has 126 valence electrons. The zero-order valence-electron chi connectivity index (χ0n) is 13.3. The van der Waals surface area contributed by atoms with Gasteiger partial charge in [-0.2, -0.15) is 18.3 Å². The number of hydrogen-bond donors (Lipinski definition) is 1. The zero-order valence-corrected chi connectivity index (χ0v) is 13.3. The minimum atomic E-state index is -4.40. The first-order chi connectivity index (χ1) is 10.2. The van der Waals surface area contributed by atoms with Crippen LogP contribution in [0.3, 0.4) is 0 Å². The molecule has 1 N–H and O–H groups in total. The van der Waals surface area contributed by atoms with E-state index in [4.69, 9.17) is 0 Å². The molecule has 1 aliphatic heterocycles. The van der Waals surface area contributed by atoms with Crippen molar-refractivity contribution in [1.29, 1.82) is 0 Å². The van der Waals surface area contributed by atoms with Crippen molar-refractivity contribution in [1.82, 2.24) is 14.7 Å². The number of hydrogen-bond acceptors (Lipinski definition) is 3. The third kappa shape index (κ3) is 3.30. The molecule has 0 saturated carbocycles. The summed E-state index contributed by atoms with van der Waals surface area (Å²) >= 11 is 0. The summed E-state index contributed by atoms with van der Waals surface area (Å²) < 4.78 is 40.3. The van der Waals surface area contributed by atoms with E-state index < -0.39 is 11.9 Å². The van der Waals surface area contributed by atoms with Crippen molar-refractivity contribution in [2.75, 3.05) is 19.7 Å². The minimum Gasteiger partial charge on any atom is -0.396 e. The molecular weight excluding hydrogens is 295 g/mol. The number of aliphatic hydroxyl groups is 1. The van der Waals surface area contributed by atoms with Gasteiger partial charge >= 0.3 is 6.18 Å². The van der Waals surface area contributed by atoms with Gasteiger partial charge in [0.1, 0.15) is 5.69 Å². The van der Waals surface area contributed by atoms with Crippen molar-refractivity contribution in [3.8, 4) is 0 Å². The number of aliphatic hydroxyl groups excluding tert-OH is 1. The molecule has 1 aromatic heterocycles. The molecule has 1 fully saturated rings. The molecule has 4 nitrogen and oxygen atoms in total. The Morgan fingerprint density at radius 1 is 1.41 bits per heavy atom. The van der Waals surface area contributed by atoms with Gasteiger partial charge in [0.15, 0.2) is 0 Å². The molecule has 0 aromatic carbocycles. The Balaban J connectivity index is 2.18. The topological polar surface area (TPSA) is 41.3 Å². The molecule has 1 unspecified atom stereocenters. The lowest BCUT2D eigenvalue weighted by atomic mass is 9.72. The third-order valence-corrected chi connectivity index (χ3v) is 4.90. The Kier molecular flexibility index (Phi) is 4.87. The highest BCUT2D eigenvalue weighted by molar-refractivity contribution is 5.20. The second-order valence-corrected chi connectivity index (χ2v) is 6.63. The van der Waals surface area contributed by atoms with Crippen molar-refractivity contribution in [3.05, 3.63) is 17.5 Å². The largest absolute Gasteiger partial charge is 0.433 e. The molecule has 7 heteroatoms. The number of aromatic nitrogens is 2. The fourth-order valence-electron chi connectivity index (χ4n) is 3.38. The zero-order chi connectivity index (χ0) is 16.5. The monoisotopic (exact) mass is 319 g/mol. The Morgan fingerprint density at radius 2 is 2.09 bits per heavy atom. The number of nitrogens with zero attached hydrogens (tertiary/aromatic N) is 3. The van der Waals surface area contributed by atoms with Crippen LogP contribution in [-0.4, -0.2) is 39.5 Å². The molecular formula is C15H24F3N3O. The number of piperidine rings is 1. The smallest absolute Gasteiger partial charge is 0.396 e. The molecule has 1 aliphatic rings. The standard InChI is InChI=1S/C15H24F3N3O/c1-11(2)14(10-22)5-4-6-21(9-14)8-12-7-19-20(3)13(12)15(16,17)18/h7,11,22H,4-6,8-10H2,1-3H3. The molecule has 1 saturated heterocycles. The number of alkyl halides is 3. The van der Waals surface area contributed by atoms with E-state index >= 15 is 0 Å². The first kappa shape index (κ1) is 17.3. The van der Waals surface area contributed by atoms with Gasteiger partial charge in [-0.05, 0) is 25.3 Å². The van der Waals surface area contributed by atoms with Crippen LogP contribution in [0.1, 0.15) is 37.9 Å². The Bertz CT molecular complexity index is 513. The minimum absolute atomic E-state index is 0.0698. The molecule has 0 spiro atoms. The second kappa shape index (κ2) is 6.20. The molecule has 0 aliphatic carbocycles. The molecule has 0 bridgehead atoms. The SMILES string of the molecule is CC(C)C1(CO)CCCN(Cc2cnn(C)c2C(F)(F)F)C1. The third-order valence-electron chi connectivity index (χ3n) is 4.90. The van der Waals surface area contributed by atoms with Crippen molar-refractivity contribution in [2.45, 2.75) is 39.4 Å². The lowest BCUT2D eigenvalue weighted by Crippen LogP contribution is -2.48. The van der Waals surface area contributed by atoms with Gasteiger partial charge in [-0.15, -0.1) is 0 Å². The first-order valence-corrected chi connectivity index (χ1v) is 7.61. The first-order valence-electron chi connectivity index (χ1n) is 7.61. The highest BCUT2D eigenvalue weighted by Gasteiger charge is 2.40. The van der Waals surface area contributed by atoms with Crippen LogP contribution in [0.15, 0.2) is 6.20 Å². The van der Waals surface area contributed by atoms with Gasteiger partial charge in [0.25, 0.3) is 0 Å². The van der Waals surface area contributed by atoms with Gasteiger partial charge in [-0.3, -0.25) is 9.58 Å². The second-order valence-electron chi connectivity index (χ2n) is 6.63. The van der Waals surface area contributed by atoms with Crippen molar-refractivity contribution >= 4 is 0 Å². The number of halogens is 3. The maximum atomic E-state index is 13.1. The summed E-state index contributed by atoms with van der Waals surface area (Å²) in [5, 5.41) is 13.5. The van der Waals surface area contributed by atoms with E-state index in [1.54, 1.807) is 0 Å². The maximum Gasteiger partial charge on any atom is 0.433 e. The van der Waals surface area contributed by atoms with Crippen molar-refractivity contribution in [3.63, 3.8) is 0 Å². The predicted octanol–water partition coefficient (Wildman–Crippen LogP) is 2.67. The molecule has 1 aromatic rings. The average Bonchev–Trinajstić information content (AvgIpc) is 2.79. The lowest BCUT2D eigenvalue weighted by molar-refractivity contribution is -0.144. The summed E-state index contributed by atoms with van der Waals surface area (Å²) in [6.45, 7) is 5.78. The van der Waals surface area contributed by atoms with Gasteiger partial charge in [-0.1, -0.05) is 13.8 Å². The van der Waals surface area contributed by atoms with Crippen LogP contribution >= 0.6 is 0 Å². The summed E-state index contributed by atoms with van der Waals surface area (Å²) in [6, 6.07) is 0. The number of likely N-dealkylation sites (tertiary alicyclic amines) is 1. The van der Waals surface area contributed by atoms with E-state index in [-0.39, 0.29) is 30.0 Å². The van der Waals surface area contributed by atoms with Gasteiger partial charge < -0.3 is 5.11 Å². The van der Waals surface area contributed by atoms with Gasteiger partial charge in [0.2, 0.25) is 0 Å². The summed E-state index contributed by atoms with van der Waals surface area (Å²) in [4.78, 5) is 2.01. The lowest BCUT2D eigenvalue weighted by Gasteiger charge is -2.44. The van der Waals surface area contributed by atoms with E-state index in [1.807, 2.05) is 4.90 Å². The number of aryl methyl sites for hydroxylation is 1. The number of rotatable bonds is 4. The van der Waals surface area contributed by atoms with Crippen LogP contribution in [0.4, 0.5) is 13.2 Å². The van der Waals surface area contributed by atoms with Crippen LogP contribution in [0.25, 0.3) is 0 Å². The van der Waals surface area contributed by atoms with E-state index in [2.05, 4.69) is 18.9 Å². The van der Waals surface area contributed by atoms with Crippen molar-refractivity contribution < 1.29 is 18.3 Å². The van der Waals surface area contributed by atoms with Gasteiger partial charge in [0, 0.05) is 31.1 Å². The van der Waals surface area contributed by atoms with E-state index in [0.29, 0.717) is 6.54 Å². The van der Waals surface area contributed by atoms with Crippen molar-refractivity contribution in [2.24, 2.45) is 18.4 Å². The summed E-state index contributed by atoms with van der Waals surface area (Å²) in [5.41, 5.74) is -0.705. The molecule has 22 heavy (non-hydrogen) atoms. The van der Waals surface area contributed by atoms with Crippen LogP contribution in [0, 0.1) is 11.3 Å². The highest BCUT2D eigenvalue weighted by atomic mass is 19.4. The normalized spacial score (nSPS) is 24.2. The summed E-state index contributed by atoms with van der Waals surface area (Å²) in [5.74, 6) is 0.288. The molecule has 2 heterocycles. The maximum absolute atomic E-state index is 13.1. The fourth-order valence-corrected chi connectivity index (χ4v) is 3.38. The van der Waals surface area contributed by atoms with Crippen LogP contribution in [0.5, 0.6) is 0 Å². The quantitative estimate of drug-likeness (QED) is 0.928. The van der Waals surface area contributed by atoms with Gasteiger partial charge in [-0.25, -0.2) is 0 Å². The molecule has 2 rings (SSSR count). The van der Waals surface area contributed by atoms with Crippen LogP contribution in [0.2, 0.25) is 0 Å². The Morgan fingerprint density at radius 3 is 2.64 bits per heavy atom. The van der Waals surface area contributed by atoms with E-state index in [0.717, 1.165) is 24.1 Å². The van der Waals surface area contributed by atoms with Crippen LogP contribution < -0.4 is 0 Å². The fraction of sp³-hybridized carbons (Fsp3) is 0.800. The van der Waals surface area contributed by atoms with E-state index in [9.17, 15) is 18.3 Å². The summed E-state index contributed by atoms with van der Waals surface area (Å²) in [7, 11) is 1.31. The van der Waals surface area contributed by atoms with E-state index in [1.165, 1.54) is 13.2 Å². The molecule has 1 atom stereocenters. The molecule has 0 radical (unpaired) electrons.